The van der Waals surface area contributed by atoms with Crippen molar-refractivity contribution >= 4 is 43.9 Å². The van der Waals surface area contributed by atoms with E-state index in [0.29, 0.717) is 15.9 Å². The maximum absolute atomic E-state index is 12.8. The Balaban J connectivity index is 1.64. The number of hydrogen-bond acceptors (Lipinski definition) is 5. The zero-order chi connectivity index (χ0) is 19.0. The minimum atomic E-state index is -0.314. The van der Waals surface area contributed by atoms with Gasteiger partial charge in [-0.25, -0.2) is 4.68 Å². The number of nitrogens with one attached hydrogen (secondary N) is 1. The third-order valence-electron chi connectivity index (χ3n) is 4.60. The van der Waals surface area contributed by atoms with E-state index in [4.69, 9.17) is 0 Å². The number of anilines is 1. The predicted molar refractivity (Wildman–Crippen MR) is 108 cm³/mol. The molecule has 2 aromatic carbocycles. The topological polar surface area (TPSA) is 76.9 Å². The smallest absolute Gasteiger partial charge is 0.279 e. The van der Waals surface area contributed by atoms with E-state index in [9.17, 15) is 9.59 Å². The lowest BCUT2D eigenvalue weighted by Gasteiger charge is -2.09. The van der Waals surface area contributed by atoms with Crippen LogP contribution in [-0.2, 0) is 17.8 Å². The monoisotopic (exact) mass is 378 g/mol. The van der Waals surface area contributed by atoms with Gasteiger partial charge in [0.25, 0.3) is 5.56 Å². The summed E-state index contributed by atoms with van der Waals surface area (Å²) in [6, 6.07) is 13.5. The van der Waals surface area contributed by atoms with E-state index < -0.39 is 0 Å². The molecule has 2 heterocycles. The highest BCUT2D eigenvalue weighted by Crippen LogP contribution is 2.26. The first-order valence-corrected chi connectivity index (χ1v) is 9.53. The molecule has 7 heteroatoms. The van der Waals surface area contributed by atoms with E-state index in [-0.39, 0.29) is 18.0 Å². The largest absolute Gasteiger partial charge is 0.324 e. The number of carbonyl (C=O) groups is 1. The molecule has 2 aromatic heterocycles. The van der Waals surface area contributed by atoms with Crippen molar-refractivity contribution < 1.29 is 4.79 Å². The van der Waals surface area contributed by atoms with Gasteiger partial charge in [0, 0.05) is 16.0 Å². The summed E-state index contributed by atoms with van der Waals surface area (Å²) in [6.07, 6.45) is 0.841. The molecule has 136 valence electrons. The van der Waals surface area contributed by atoms with Crippen molar-refractivity contribution in [2.45, 2.75) is 26.8 Å². The fourth-order valence-corrected chi connectivity index (χ4v) is 4.28. The maximum Gasteiger partial charge on any atom is 0.279 e. The lowest BCUT2D eigenvalue weighted by Crippen LogP contribution is -2.30. The van der Waals surface area contributed by atoms with E-state index in [1.54, 1.807) is 0 Å². The summed E-state index contributed by atoms with van der Waals surface area (Å²) < 4.78 is 1.13. The molecule has 0 unspecified atom stereocenters. The standard InChI is InChI=1S/C20H18N4O2S/c1-3-16-12(2)18-19(27-16)22-23-24(20(18)26)11-17(25)21-15-10-6-8-13-7-4-5-9-14(13)15/h4-10H,3,11H2,1-2H3,(H,21,25). The van der Waals surface area contributed by atoms with Gasteiger partial charge < -0.3 is 5.32 Å². The number of hydrogen-bond donors (Lipinski definition) is 1. The summed E-state index contributed by atoms with van der Waals surface area (Å²) in [5.41, 5.74) is 1.36. The number of fused-ring (bicyclic) bond motifs is 2. The van der Waals surface area contributed by atoms with Gasteiger partial charge in [0.05, 0.1) is 5.39 Å². The Labute approximate surface area is 159 Å². The average Bonchev–Trinajstić information content (AvgIpc) is 3.01. The molecular formula is C20H18N4O2S. The predicted octanol–water partition coefficient (Wildman–Crippen LogP) is 3.52. The van der Waals surface area contributed by atoms with E-state index in [1.807, 2.05) is 56.3 Å². The number of benzene rings is 2. The molecule has 0 fully saturated rings. The van der Waals surface area contributed by atoms with Crippen LogP contribution in [0, 0.1) is 6.92 Å². The second-order valence-electron chi connectivity index (χ2n) is 6.31. The lowest BCUT2D eigenvalue weighted by atomic mass is 10.1. The molecule has 0 atom stereocenters. The first-order chi connectivity index (χ1) is 13.1. The van der Waals surface area contributed by atoms with Gasteiger partial charge in [-0.3, -0.25) is 9.59 Å². The summed E-state index contributed by atoms with van der Waals surface area (Å²) >= 11 is 1.48. The van der Waals surface area contributed by atoms with E-state index in [0.717, 1.165) is 32.3 Å². The number of thiophene rings is 1. The lowest BCUT2D eigenvalue weighted by molar-refractivity contribution is -0.117. The molecule has 27 heavy (non-hydrogen) atoms. The molecule has 1 N–H and O–H groups in total. The van der Waals surface area contributed by atoms with Crippen LogP contribution in [0.2, 0.25) is 0 Å². The van der Waals surface area contributed by atoms with E-state index in [2.05, 4.69) is 15.6 Å². The molecule has 4 aromatic rings. The Morgan fingerprint density at radius 1 is 1.19 bits per heavy atom. The second kappa shape index (κ2) is 6.92. The van der Waals surface area contributed by atoms with Crippen molar-refractivity contribution in [3.8, 4) is 0 Å². The summed E-state index contributed by atoms with van der Waals surface area (Å²) in [4.78, 5) is 27.0. The molecule has 0 bridgehead atoms. The van der Waals surface area contributed by atoms with E-state index in [1.165, 1.54) is 11.3 Å². The number of amides is 1. The number of carbonyl (C=O) groups excluding carboxylic acids is 1. The van der Waals surface area contributed by atoms with Crippen LogP contribution >= 0.6 is 11.3 Å². The molecule has 0 aliphatic carbocycles. The maximum atomic E-state index is 12.8. The highest BCUT2D eigenvalue weighted by atomic mass is 32.1. The number of aromatic nitrogens is 3. The van der Waals surface area contributed by atoms with Crippen LogP contribution in [0.1, 0.15) is 17.4 Å². The number of nitrogens with zero attached hydrogens (tertiary/aromatic N) is 3. The molecule has 0 spiro atoms. The normalized spacial score (nSPS) is 11.2. The van der Waals surface area contributed by atoms with Crippen molar-refractivity contribution in [2.75, 3.05) is 5.32 Å². The third-order valence-corrected chi connectivity index (χ3v) is 5.92. The van der Waals surface area contributed by atoms with Gasteiger partial charge in [0.2, 0.25) is 5.91 Å². The molecule has 0 saturated carbocycles. The molecule has 0 saturated heterocycles. The van der Waals surface area contributed by atoms with Crippen LogP contribution in [0.5, 0.6) is 0 Å². The molecule has 1 amide bonds. The quantitative estimate of drug-likeness (QED) is 0.589. The summed E-state index contributed by atoms with van der Waals surface area (Å²) in [5, 5.41) is 13.5. The van der Waals surface area contributed by atoms with Crippen molar-refractivity contribution in [1.29, 1.82) is 0 Å². The first kappa shape index (κ1) is 17.4. The molecular weight excluding hydrogens is 360 g/mol. The Kier molecular flexibility index (Phi) is 4.45. The summed E-state index contributed by atoms with van der Waals surface area (Å²) in [5.74, 6) is -0.314. The zero-order valence-electron chi connectivity index (χ0n) is 15.0. The van der Waals surface area contributed by atoms with Crippen LogP contribution in [0.4, 0.5) is 5.69 Å². The van der Waals surface area contributed by atoms with Crippen molar-refractivity contribution in [2.24, 2.45) is 0 Å². The highest BCUT2D eigenvalue weighted by molar-refractivity contribution is 7.18. The van der Waals surface area contributed by atoms with Crippen LogP contribution < -0.4 is 10.9 Å². The van der Waals surface area contributed by atoms with Crippen LogP contribution in [0.3, 0.4) is 0 Å². The zero-order valence-corrected chi connectivity index (χ0v) is 15.8. The number of aryl methyl sites for hydroxylation is 2. The Morgan fingerprint density at radius 3 is 2.78 bits per heavy atom. The van der Waals surface area contributed by atoms with Crippen molar-refractivity contribution in [1.82, 2.24) is 15.0 Å². The van der Waals surface area contributed by atoms with Gasteiger partial charge in [-0.2, -0.15) is 0 Å². The minimum absolute atomic E-state index is 0.179. The van der Waals surface area contributed by atoms with Crippen LogP contribution in [0.15, 0.2) is 47.3 Å². The first-order valence-electron chi connectivity index (χ1n) is 8.72. The fourth-order valence-electron chi connectivity index (χ4n) is 3.23. The van der Waals surface area contributed by atoms with Crippen LogP contribution in [-0.4, -0.2) is 20.9 Å². The van der Waals surface area contributed by atoms with Crippen molar-refractivity contribution in [3.05, 3.63) is 63.3 Å². The van der Waals surface area contributed by atoms with E-state index >= 15 is 0 Å². The molecule has 6 nitrogen and oxygen atoms in total. The Hall–Kier alpha value is -3.06. The summed E-state index contributed by atoms with van der Waals surface area (Å²) in [6.45, 7) is 3.78. The summed E-state index contributed by atoms with van der Waals surface area (Å²) in [7, 11) is 0. The molecule has 0 radical (unpaired) electrons. The SMILES string of the molecule is CCc1sc2nnn(CC(=O)Nc3cccc4ccccc34)c(=O)c2c1C. The average molecular weight is 378 g/mol. The minimum Gasteiger partial charge on any atom is -0.324 e. The van der Waals surface area contributed by atoms with Gasteiger partial charge in [-0.1, -0.05) is 48.5 Å². The second-order valence-corrected chi connectivity index (χ2v) is 7.39. The Morgan fingerprint density at radius 2 is 1.96 bits per heavy atom. The van der Waals surface area contributed by atoms with Crippen molar-refractivity contribution in [3.63, 3.8) is 0 Å². The van der Waals surface area contributed by atoms with Crippen LogP contribution in [0.25, 0.3) is 21.0 Å². The van der Waals surface area contributed by atoms with Gasteiger partial charge in [0.15, 0.2) is 4.83 Å². The highest BCUT2D eigenvalue weighted by Gasteiger charge is 2.16. The fraction of sp³-hybridized carbons (Fsp3) is 0.200. The molecule has 0 aliphatic heterocycles. The Bertz CT molecular complexity index is 1220. The molecule has 4 rings (SSSR count). The van der Waals surface area contributed by atoms with Gasteiger partial charge in [-0.05, 0) is 30.4 Å². The van der Waals surface area contributed by atoms with Gasteiger partial charge >= 0.3 is 0 Å². The van der Waals surface area contributed by atoms with Gasteiger partial charge in [0.1, 0.15) is 6.54 Å². The number of rotatable bonds is 4. The van der Waals surface area contributed by atoms with Gasteiger partial charge in [-0.15, -0.1) is 16.4 Å². The molecule has 0 aliphatic rings. The third kappa shape index (κ3) is 3.10.